The number of halogens is 2. The molecule has 3 heteroatoms. The van der Waals surface area contributed by atoms with E-state index < -0.39 is 0 Å². The molecule has 1 aromatic rings. The van der Waals surface area contributed by atoms with Crippen molar-refractivity contribution in [2.45, 2.75) is 11.8 Å². The third-order valence-corrected chi connectivity index (χ3v) is 2.75. The van der Waals surface area contributed by atoms with Crippen LogP contribution in [-0.2, 0) is 4.74 Å². The molecule has 0 aliphatic heterocycles. The van der Waals surface area contributed by atoms with Crippen LogP contribution in [0.1, 0.15) is 17.4 Å². The van der Waals surface area contributed by atoms with Crippen molar-refractivity contribution < 1.29 is 4.74 Å². The van der Waals surface area contributed by atoms with Gasteiger partial charge in [0.1, 0.15) is 0 Å². The summed E-state index contributed by atoms with van der Waals surface area (Å²) in [5.74, 6) is 0. The number of rotatable bonds is 4. The van der Waals surface area contributed by atoms with Gasteiger partial charge in [-0.05, 0) is 24.1 Å². The Morgan fingerprint density at radius 1 is 1.54 bits per heavy atom. The van der Waals surface area contributed by atoms with Crippen molar-refractivity contribution in [2.75, 3.05) is 13.7 Å². The van der Waals surface area contributed by atoms with Gasteiger partial charge in [-0.25, -0.2) is 0 Å². The Kier molecular flexibility index (Phi) is 4.78. The van der Waals surface area contributed by atoms with Crippen molar-refractivity contribution in [2.24, 2.45) is 0 Å². The molecule has 0 radical (unpaired) electrons. The van der Waals surface area contributed by atoms with Crippen LogP contribution in [0.2, 0.25) is 0 Å². The second-order valence-corrected chi connectivity index (χ2v) is 4.25. The van der Waals surface area contributed by atoms with Gasteiger partial charge in [-0.1, -0.05) is 28.1 Å². The predicted octanol–water partition coefficient (Wildman–Crippen LogP) is 3.77. The van der Waals surface area contributed by atoms with Crippen molar-refractivity contribution in [1.82, 2.24) is 0 Å². The molecule has 0 saturated heterocycles. The Labute approximate surface area is 92.2 Å². The van der Waals surface area contributed by atoms with E-state index in [9.17, 15) is 0 Å². The van der Waals surface area contributed by atoms with E-state index in [-0.39, 0.29) is 5.38 Å². The molecule has 1 atom stereocenters. The molecule has 72 valence electrons. The molecule has 0 N–H and O–H groups in total. The van der Waals surface area contributed by atoms with Crippen LogP contribution < -0.4 is 0 Å². The second-order valence-electron chi connectivity index (χ2n) is 2.80. The second kappa shape index (κ2) is 5.63. The third kappa shape index (κ3) is 3.67. The summed E-state index contributed by atoms with van der Waals surface area (Å²) >= 11 is 9.56. The summed E-state index contributed by atoms with van der Waals surface area (Å²) < 4.78 is 6.03. The lowest BCUT2D eigenvalue weighted by atomic mass is 10.1. The fraction of sp³-hybridized carbons (Fsp3) is 0.400. The van der Waals surface area contributed by atoms with Gasteiger partial charge in [0.25, 0.3) is 0 Å². The normalized spacial score (nSPS) is 12.8. The van der Waals surface area contributed by atoms with Gasteiger partial charge < -0.3 is 4.74 Å². The van der Waals surface area contributed by atoms with E-state index in [2.05, 4.69) is 15.9 Å². The molecule has 1 unspecified atom stereocenters. The molecular weight excluding hydrogens is 251 g/mol. The van der Waals surface area contributed by atoms with Gasteiger partial charge in [0, 0.05) is 18.2 Å². The van der Waals surface area contributed by atoms with Crippen LogP contribution in [0, 0.1) is 0 Å². The van der Waals surface area contributed by atoms with Crippen LogP contribution in [0.15, 0.2) is 28.7 Å². The fourth-order valence-electron chi connectivity index (χ4n) is 1.09. The Morgan fingerprint density at radius 3 is 2.92 bits per heavy atom. The number of hydrogen-bond acceptors (Lipinski definition) is 1. The summed E-state index contributed by atoms with van der Waals surface area (Å²) in [6.45, 7) is 0.695. The van der Waals surface area contributed by atoms with Crippen molar-refractivity contribution in [3.63, 3.8) is 0 Å². The third-order valence-electron chi connectivity index (χ3n) is 1.79. The monoisotopic (exact) mass is 262 g/mol. The van der Waals surface area contributed by atoms with Gasteiger partial charge >= 0.3 is 0 Å². The summed E-state index contributed by atoms with van der Waals surface area (Å²) in [6.07, 6.45) is 0.842. The summed E-state index contributed by atoms with van der Waals surface area (Å²) in [4.78, 5) is 0. The molecule has 0 aliphatic rings. The molecule has 0 fully saturated rings. The lowest BCUT2D eigenvalue weighted by Crippen LogP contribution is -1.96. The Balaban J connectivity index is 2.60. The van der Waals surface area contributed by atoms with Crippen molar-refractivity contribution in [1.29, 1.82) is 0 Å². The van der Waals surface area contributed by atoms with Crippen LogP contribution in [0.25, 0.3) is 0 Å². The van der Waals surface area contributed by atoms with Gasteiger partial charge in [-0.2, -0.15) is 0 Å². The van der Waals surface area contributed by atoms with Crippen LogP contribution >= 0.6 is 27.5 Å². The molecular formula is C10H12BrClO. The number of alkyl halides is 1. The maximum Gasteiger partial charge on any atom is 0.0607 e. The number of benzene rings is 1. The Morgan fingerprint density at radius 2 is 2.31 bits per heavy atom. The highest BCUT2D eigenvalue weighted by Gasteiger charge is 2.06. The van der Waals surface area contributed by atoms with Crippen LogP contribution in [-0.4, -0.2) is 13.7 Å². The molecule has 1 aromatic carbocycles. The summed E-state index contributed by atoms with van der Waals surface area (Å²) in [5.41, 5.74) is 1.13. The molecule has 0 aromatic heterocycles. The minimum absolute atomic E-state index is 0.0393. The zero-order chi connectivity index (χ0) is 9.68. The molecule has 0 bridgehead atoms. The molecule has 0 saturated carbocycles. The van der Waals surface area contributed by atoms with Gasteiger partial charge in [0.15, 0.2) is 0 Å². The largest absolute Gasteiger partial charge is 0.385 e. The zero-order valence-electron chi connectivity index (χ0n) is 7.47. The topological polar surface area (TPSA) is 9.23 Å². The maximum absolute atomic E-state index is 6.16. The van der Waals surface area contributed by atoms with E-state index in [0.29, 0.717) is 6.61 Å². The quantitative estimate of drug-likeness (QED) is 0.752. The lowest BCUT2D eigenvalue weighted by molar-refractivity contribution is 0.194. The molecule has 0 spiro atoms. The van der Waals surface area contributed by atoms with Gasteiger partial charge in [-0.15, -0.1) is 11.6 Å². The first-order valence-electron chi connectivity index (χ1n) is 4.12. The molecule has 0 heterocycles. The zero-order valence-corrected chi connectivity index (χ0v) is 9.81. The van der Waals surface area contributed by atoms with E-state index in [4.69, 9.17) is 16.3 Å². The SMILES string of the molecule is COCCC(Cl)c1cccc(Br)c1. The Bertz CT molecular complexity index is 265. The van der Waals surface area contributed by atoms with E-state index in [1.165, 1.54) is 0 Å². The lowest BCUT2D eigenvalue weighted by Gasteiger charge is -2.08. The van der Waals surface area contributed by atoms with E-state index in [0.717, 1.165) is 16.5 Å². The average Bonchev–Trinajstić information content (AvgIpc) is 2.14. The molecule has 1 nitrogen and oxygen atoms in total. The van der Waals surface area contributed by atoms with E-state index in [1.54, 1.807) is 7.11 Å². The first-order valence-corrected chi connectivity index (χ1v) is 5.35. The summed E-state index contributed by atoms with van der Waals surface area (Å²) in [5, 5.41) is 0.0393. The first kappa shape index (κ1) is 11.0. The van der Waals surface area contributed by atoms with Crippen LogP contribution in [0.4, 0.5) is 0 Å². The molecule has 13 heavy (non-hydrogen) atoms. The van der Waals surface area contributed by atoms with Gasteiger partial charge in [0.05, 0.1) is 5.38 Å². The van der Waals surface area contributed by atoms with Crippen molar-refractivity contribution >= 4 is 27.5 Å². The minimum Gasteiger partial charge on any atom is -0.385 e. The summed E-state index contributed by atoms with van der Waals surface area (Å²) in [6, 6.07) is 8.04. The fourth-order valence-corrected chi connectivity index (χ4v) is 1.73. The Hall–Kier alpha value is -0.0500. The highest BCUT2D eigenvalue weighted by Crippen LogP contribution is 2.26. The van der Waals surface area contributed by atoms with Crippen LogP contribution in [0.3, 0.4) is 0 Å². The molecule has 0 aliphatic carbocycles. The highest BCUT2D eigenvalue weighted by atomic mass is 79.9. The first-order chi connectivity index (χ1) is 6.24. The van der Waals surface area contributed by atoms with Crippen molar-refractivity contribution in [3.05, 3.63) is 34.3 Å². The average molecular weight is 264 g/mol. The molecule has 1 rings (SSSR count). The molecule has 0 amide bonds. The highest BCUT2D eigenvalue weighted by molar-refractivity contribution is 9.10. The minimum atomic E-state index is 0.0393. The number of ether oxygens (including phenoxy) is 1. The van der Waals surface area contributed by atoms with E-state index in [1.807, 2.05) is 24.3 Å². The number of methoxy groups -OCH3 is 1. The van der Waals surface area contributed by atoms with Crippen molar-refractivity contribution in [3.8, 4) is 0 Å². The van der Waals surface area contributed by atoms with Gasteiger partial charge in [0.2, 0.25) is 0 Å². The predicted molar refractivity (Wildman–Crippen MR) is 59.2 cm³/mol. The standard InChI is InChI=1S/C10H12BrClO/c1-13-6-5-10(12)8-3-2-4-9(11)7-8/h2-4,7,10H,5-6H2,1H3. The van der Waals surface area contributed by atoms with Gasteiger partial charge in [-0.3, -0.25) is 0 Å². The smallest absolute Gasteiger partial charge is 0.0607 e. The number of hydrogen-bond donors (Lipinski definition) is 0. The van der Waals surface area contributed by atoms with E-state index >= 15 is 0 Å². The maximum atomic E-state index is 6.16. The van der Waals surface area contributed by atoms with Crippen LogP contribution in [0.5, 0.6) is 0 Å². The summed E-state index contributed by atoms with van der Waals surface area (Å²) in [7, 11) is 1.69.